The zero-order valence-corrected chi connectivity index (χ0v) is 16.7. The molecule has 1 heterocycles. The van der Waals surface area contributed by atoms with E-state index in [1.54, 1.807) is 30.6 Å². The van der Waals surface area contributed by atoms with Crippen LogP contribution >= 0.6 is 23.2 Å². The normalized spacial score (nSPS) is 11.1. The van der Waals surface area contributed by atoms with Crippen molar-refractivity contribution in [2.75, 3.05) is 4.72 Å². The van der Waals surface area contributed by atoms with E-state index in [1.165, 1.54) is 30.3 Å². The van der Waals surface area contributed by atoms with E-state index in [0.29, 0.717) is 0 Å². The predicted molar refractivity (Wildman–Crippen MR) is 109 cm³/mol. The number of pyridine rings is 1. The van der Waals surface area contributed by atoms with Crippen molar-refractivity contribution in [3.63, 3.8) is 0 Å². The van der Waals surface area contributed by atoms with Crippen molar-refractivity contribution in [3.8, 4) is 0 Å². The van der Waals surface area contributed by atoms with E-state index in [4.69, 9.17) is 23.2 Å². The fraction of sp³-hybridized carbons (Fsp3) is 0.0526. The van der Waals surface area contributed by atoms with Gasteiger partial charge < -0.3 is 5.32 Å². The van der Waals surface area contributed by atoms with Crippen LogP contribution in [0.2, 0.25) is 10.0 Å². The van der Waals surface area contributed by atoms with Gasteiger partial charge in [-0.15, -0.1) is 0 Å². The summed E-state index contributed by atoms with van der Waals surface area (Å²) in [6.45, 7) is 0.264. The highest BCUT2D eigenvalue weighted by molar-refractivity contribution is 7.92. The lowest BCUT2D eigenvalue weighted by molar-refractivity contribution is 0.0952. The highest BCUT2D eigenvalue weighted by Crippen LogP contribution is 2.26. The Morgan fingerprint density at radius 2 is 1.79 bits per heavy atom. The van der Waals surface area contributed by atoms with E-state index in [-0.39, 0.29) is 32.7 Å². The summed E-state index contributed by atoms with van der Waals surface area (Å²) in [6, 6.07) is 13.9. The van der Waals surface area contributed by atoms with E-state index < -0.39 is 15.9 Å². The molecule has 0 aliphatic heterocycles. The minimum absolute atomic E-state index is 0.0625. The first-order valence-corrected chi connectivity index (χ1v) is 10.3. The van der Waals surface area contributed by atoms with Gasteiger partial charge in [0.2, 0.25) is 0 Å². The monoisotopic (exact) mass is 435 g/mol. The predicted octanol–water partition coefficient (Wildman–Crippen LogP) is 4.12. The van der Waals surface area contributed by atoms with Crippen LogP contribution in [0.3, 0.4) is 0 Å². The standard InChI is InChI=1S/C19H15Cl2N3O3S/c20-16-8-7-14(10-17(16)21)28(26,27)24-18-6-2-1-5-15(18)19(25)23-12-13-4-3-9-22-11-13/h1-11,24H,12H2,(H,23,25). The Morgan fingerprint density at radius 1 is 1.00 bits per heavy atom. The molecule has 0 aliphatic rings. The lowest BCUT2D eigenvalue weighted by Gasteiger charge is -2.13. The molecule has 0 saturated heterocycles. The second-order valence-corrected chi connectivity index (χ2v) is 8.27. The molecule has 0 spiro atoms. The zero-order valence-electron chi connectivity index (χ0n) is 14.4. The Kier molecular flexibility index (Phi) is 6.18. The average Bonchev–Trinajstić information content (AvgIpc) is 2.69. The van der Waals surface area contributed by atoms with Gasteiger partial charge in [-0.3, -0.25) is 14.5 Å². The number of hydrogen-bond donors (Lipinski definition) is 2. The maximum Gasteiger partial charge on any atom is 0.261 e. The van der Waals surface area contributed by atoms with Crippen LogP contribution in [0.1, 0.15) is 15.9 Å². The summed E-state index contributed by atoms with van der Waals surface area (Å²) in [5, 5.41) is 3.11. The van der Waals surface area contributed by atoms with Crippen LogP contribution < -0.4 is 10.0 Å². The maximum absolute atomic E-state index is 12.7. The van der Waals surface area contributed by atoms with Crippen LogP contribution in [0.15, 0.2) is 71.9 Å². The molecule has 1 aromatic heterocycles. The number of nitrogens with one attached hydrogen (secondary N) is 2. The summed E-state index contributed by atoms with van der Waals surface area (Å²) in [5.74, 6) is -0.420. The Bertz CT molecular complexity index is 1110. The molecule has 6 nitrogen and oxygen atoms in total. The van der Waals surface area contributed by atoms with Gasteiger partial charge in [0.15, 0.2) is 0 Å². The molecular formula is C19H15Cl2N3O3S. The second-order valence-electron chi connectivity index (χ2n) is 5.77. The molecule has 3 rings (SSSR count). The van der Waals surface area contributed by atoms with E-state index in [2.05, 4.69) is 15.0 Å². The molecule has 9 heteroatoms. The van der Waals surface area contributed by atoms with Crippen LogP contribution in [-0.4, -0.2) is 19.3 Å². The number of sulfonamides is 1. The number of carbonyl (C=O) groups excluding carboxylic acids is 1. The molecular weight excluding hydrogens is 421 g/mol. The molecule has 0 atom stereocenters. The molecule has 2 aromatic carbocycles. The first-order chi connectivity index (χ1) is 13.4. The largest absolute Gasteiger partial charge is 0.348 e. The van der Waals surface area contributed by atoms with Gasteiger partial charge >= 0.3 is 0 Å². The molecule has 144 valence electrons. The average molecular weight is 436 g/mol. The minimum atomic E-state index is -3.96. The molecule has 0 saturated carbocycles. The number of para-hydroxylation sites is 1. The van der Waals surface area contributed by atoms with Gasteiger partial charge in [-0.2, -0.15) is 0 Å². The first kappa shape index (κ1) is 20.1. The number of carbonyl (C=O) groups is 1. The Hall–Kier alpha value is -2.61. The summed E-state index contributed by atoms with van der Waals surface area (Å²) in [4.78, 5) is 16.5. The molecule has 2 N–H and O–H groups in total. The van der Waals surface area contributed by atoms with Crippen molar-refractivity contribution >= 4 is 44.8 Å². The third-order valence-electron chi connectivity index (χ3n) is 3.79. The Labute approximate surface area is 172 Å². The SMILES string of the molecule is O=C(NCc1cccnc1)c1ccccc1NS(=O)(=O)c1ccc(Cl)c(Cl)c1. The highest BCUT2D eigenvalue weighted by atomic mass is 35.5. The van der Waals surface area contributed by atoms with Crippen LogP contribution in [0.4, 0.5) is 5.69 Å². The zero-order chi connectivity index (χ0) is 20.1. The van der Waals surface area contributed by atoms with E-state index in [0.717, 1.165) is 5.56 Å². The molecule has 0 bridgehead atoms. The van der Waals surface area contributed by atoms with E-state index in [1.807, 2.05) is 6.07 Å². The minimum Gasteiger partial charge on any atom is -0.348 e. The molecule has 0 radical (unpaired) electrons. The van der Waals surface area contributed by atoms with Crippen molar-refractivity contribution in [2.45, 2.75) is 11.4 Å². The van der Waals surface area contributed by atoms with Gasteiger partial charge in [-0.05, 0) is 42.0 Å². The lowest BCUT2D eigenvalue weighted by atomic mass is 10.1. The van der Waals surface area contributed by atoms with Gasteiger partial charge in [-0.1, -0.05) is 41.4 Å². The maximum atomic E-state index is 12.7. The quantitative estimate of drug-likeness (QED) is 0.609. The van der Waals surface area contributed by atoms with Gasteiger partial charge in [0.05, 0.1) is 26.2 Å². The smallest absolute Gasteiger partial charge is 0.261 e. The highest BCUT2D eigenvalue weighted by Gasteiger charge is 2.19. The van der Waals surface area contributed by atoms with Gasteiger partial charge in [-0.25, -0.2) is 8.42 Å². The summed E-state index contributed by atoms with van der Waals surface area (Å²) in [7, 11) is -3.96. The van der Waals surface area contributed by atoms with Crippen LogP contribution in [0, 0.1) is 0 Å². The number of benzene rings is 2. The Morgan fingerprint density at radius 3 is 2.50 bits per heavy atom. The first-order valence-electron chi connectivity index (χ1n) is 8.11. The topological polar surface area (TPSA) is 88.2 Å². The molecule has 28 heavy (non-hydrogen) atoms. The van der Waals surface area contributed by atoms with Crippen LogP contribution in [0.25, 0.3) is 0 Å². The number of aromatic nitrogens is 1. The molecule has 3 aromatic rings. The number of rotatable bonds is 6. The van der Waals surface area contributed by atoms with Crippen molar-refractivity contribution in [3.05, 3.63) is 88.2 Å². The third kappa shape index (κ3) is 4.81. The lowest BCUT2D eigenvalue weighted by Crippen LogP contribution is -2.25. The van der Waals surface area contributed by atoms with Crippen molar-refractivity contribution in [2.24, 2.45) is 0 Å². The Balaban J connectivity index is 1.81. The molecule has 0 fully saturated rings. The number of hydrogen-bond acceptors (Lipinski definition) is 4. The van der Waals surface area contributed by atoms with Crippen molar-refractivity contribution < 1.29 is 13.2 Å². The van der Waals surface area contributed by atoms with Crippen LogP contribution in [-0.2, 0) is 16.6 Å². The van der Waals surface area contributed by atoms with E-state index in [9.17, 15) is 13.2 Å². The van der Waals surface area contributed by atoms with Crippen molar-refractivity contribution in [1.29, 1.82) is 0 Å². The molecule has 0 aliphatic carbocycles. The summed E-state index contributed by atoms with van der Waals surface area (Å²) < 4.78 is 27.8. The fourth-order valence-electron chi connectivity index (χ4n) is 2.40. The van der Waals surface area contributed by atoms with Crippen molar-refractivity contribution in [1.82, 2.24) is 10.3 Å². The van der Waals surface area contributed by atoms with E-state index >= 15 is 0 Å². The summed E-state index contributed by atoms with van der Waals surface area (Å²) in [5.41, 5.74) is 1.16. The van der Waals surface area contributed by atoms with Gasteiger partial charge in [0.1, 0.15) is 0 Å². The van der Waals surface area contributed by atoms with Gasteiger partial charge in [0.25, 0.3) is 15.9 Å². The van der Waals surface area contributed by atoms with Gasteiger partial charge in [0, 0.05) is 18.9 Å². The summed E-state index contributed by atoms with van der Waals surface area (Å²) in [6.07, 6.45) is 3.28. The second kappa shape index (κ2) is 8.60. The number of halogens is 2. The number of nitrogens with zero attached hydrogens (tertiary/aromatic N) is 1. The number of amides is 1. The fourth-order valence-corrected chi connectivity index (χ4v) is 3.87. The third-order valence-corrected chi connectivity index (χ3v) is 5.90. The summed E-state index contributed by atoms with van der Waals surface area (Å²) >= 11 is 11.7. The molecule has 0 unspecified atom stereocenters. The van der Waals surface area contributed by atoms with Crippen LogP contribution in [0.5, 0.6) is 0 Å². The molecule has 1 amide bonds. The number of anilines is 1.